The maximum atomic E-state index is 11.9. The Morgan fingerprint density at radius 3 is 2.68 bits per heavy atom. The number of unbranched alkanes of at least 4 members (excludes halogenated alkanes) is 1. The molecule has 0 aromatic carbocycles. The molecule has 0 aliphatic carbocycles. The van der Waals surface area contributed by atoms with Crippen LogP contribution in [0.2, 0.25) is 0 Å². The summed E-state index contributed by atoms with van der Waals surface area (Å²) >= 11 is 3.10. The normalized spacial score (nSPS) is 11.4. The SMILES string of the molecule is O=C(O)c1cc(Br)cnc1NCCCCC(F)(F)F. The molecule has 0 unspecified atom stereocenters. The molecule has 106 valence electrons. The molecule has 0 fully saturated rings. The van der Waals surface area contributed by atoms with Crippen LogP contribution in [0.25, 0.3) is 0 Å². The van der Waals surface area contributed by atoms with Gasteiger partial charge in [-0.2, -0.15) is 13.2 Å². The topological polar surface area (TPSA) is 62.2 Å². The van der Waals surface area contributed by atoms with Gasteiger partial charge in [0.05, 0.1) is 0 Å². The third-order valence-corrected chi connectivity index (χ3v) is 2.70. The number of hydrogen-bond donors (Lipinski definition) is 2. The highest BCUT2D eigenvalue weighted by atomic mass is 79.9. The van der Waals surface area contributed by atoms with Crippen molar-refractivity contribution in [3.8, 4) is 0 Å². The minimum Gasteiger partial charge on any atom is -0.478 e. The number of pyridine rings is 1. The highest BCUT2D eigenvalue weighted by Gasteiger charge is 2.25. The second-order valence-electron chi connectivity index (χ2n) is 3.85. The van der Waals surface area contributed by atoms with Gasteiger partial charge in [0.25, 0.3) is 0 Å². The Labute approximate surface area is 116 Å². The number of nitrogens with zero attached hydrogens (tertiary/aromatic N) is 1. The predicted molar refractivity (Wildman–Crippen MR) is 67.3 cm³/mol. The monoisotopic (exact) mass is 340 g/mol. The Hall–Kier alpha value is -1.31. The second kappa shape index (κ2) is 6.74. The molecule has 1 rings (SSSR count). The van der Waals surface area contributed by atoms with Crippen molar-refractivity contribution in [2.24, 2.45) is 0 Å². The van der Waals surface area contributed by atoms with Crippen molar-refractivity contribution in [1.29, 1.82) is 0 Å². The Morgan fingerprint density at radius 2 is 2.11 bits per heavy atom. The third-order valence-electron chi connectivity index (χ3n) is 2.26. The molecule has 0 atom stereocenters. The molecular weight excluding hydrogens is 329 g/mol. The van der Waals surface area contributed by atoms with Gasteiger partial charge in [-0.15, -0.1) is 0 Å². The molecule has 0 saturated carbocycles. The van der Waals surface area contributed by atoms with Crippen molar-refractivity contribution < 1.29 is 23.1 Å². The highest BCUT2D eigenvalue weighted by Crippen LogP contribution is 2.22. The van der Waals surface area contributed by atoms with Crippen LogP contribution < -0.4 is 5.32 Å². The van der Waals surface area contributed by atoms with Crippen molar-refractivity contribution in [1.82, 2.24) is 4.98 Å². The van der Waals surface area contributed by atoms with Gasteiger partial charge in [0.1, 0.15) is 11.4 Å². The van der Waals surface area contributed by atoms with Crippen molar-refractivity contribution in [3.63, 3.8) is 0 Å². The van der Waals surface area contributed by atoms with E-state index in [1.54, 1.807) is 0 Å². The zero-order chi connectivity index (χ0) is 14.5. The molecule has 0 aliphatic heterocycles. The maximum absolute atomic E-state index is 11.9. The number of halogens is 4. The third kappa shape index (κ3) is 5.91. The van der Waals surface area contributed by atoms with Gasteiger partial charge < -0.3 is 10.4 Å². The molecule has 1 aromatic heterocycles. The smallest absolute Gasteiger partial charge is 0.389 e. The van der Waals surface area contributed by atoms with E-state index in [0.29, 0.717) is 4.47 Å². The first-order valence-corrected chi connectivity index (χ1v) is 6.28. The molecule has 1 aromatic rings. The van der Waals surface area contributed by atoms with Gasteiger partial charge in [-0.3, -0.25) is 0 Å². The summed E-state index contributed by atoms with van der Waals surface area (Å²) in [6.07, 6.45) is -3.29. The van der Waals surface area contributed by atoms with E-state index in [-0.39, 0.29) is 30.8 Å². The van der Waals surface area contributed by atoms with E-state index < -0.39 is 18.6 Å². The molecule has 8 heteroatoms. The van der Waals surface area contributed by atoms with E-state index in [1.165, 1.54) is 12.3 Å². The molecule has 19 heavy (non-hydrogen) atoms. The summed E-state index contributed by atoms with van der Waals surface area (Å²) in [6.45, 7) is 0.241. The van der Waals surface area contributed by atoms with E-state index in [0.717, 1.165) is 0 Å². The van der Waals surface area contributed by atoms with Crippen LogP contribution >= 0.6 is 15.9 Å². The summed E-state index contributed by atoms with van der Waals surface area (Å²) in [7, 11) is 0. The van der Waals surface area contributed by atoms with E-state index in [2.05, 4.69) is 26.2 Å². The lowest BCUT2D eigenvalue weighted by Crippen LogP contribution is -2.11. The number of nitrogens with one attached hydrogen (secondary N) is 1. The van der Waals surface area contributed by atoms with Crippen LogP contribution in [0.4, 0.5) is 19.0 Å². The number of alkyl halides is 3. The lowest BCUT2D eigenvalue weighted by molar-refractivity contribution is -0.135. The largest absolute Gasteiger partial charge is 0.478 e. The first-order chi connectivity index (χ1) is 8.79. The van der Waals surface area contributed by atoms with Gasteiger partial charge in [-0.05, 0) is 34.8 Å². The van der Waals surface area contributed by atoms with Crippen molar-refractivity contribution in [2.75, 3.05) is 11.9 Å². The zero-order valence-corrected chi connectivity index (χ0v) is 11.4. The first kappa shape index (κ1) is 15.7. The van der Waals surface area contributed by atoms with Crippen LogP contribution in [0.5, 0.6) is 0 Å². The average molecular weight is 341 g/mol. The maximum Gasteiger partial charge on any atom is 0.389 e. The van der Waals surface area contributed by atoms with Gasteiger partial charge in [-0.25, -0.2) is 9.78 Å². The fraction of sp³-hybridized carbons (Fsp3) is 0.455. The van der Waals surface area contributed by atoms with Crippen molar-refractivity contribution in [2.45, 2.75) is 25.4 Å². The summed E-state index contributed by atoms with van der Waals surface area (Å²) in [6, 6.07) is 1.38. The molecule has 0 saturated heterocycles. The number of carboxylic acid groups (broad SMARTS) is 1. The summed E-state index contributed by atoms with van der Waals surface area (Å²) in [4.78, 5) is 14.8. The number of carboxylic acids is 1. The molecule has 0 bridgehead atoms. The van der Waals surface area contributed by atoms with Gasteiger partial charge in [-0.1, -0.05) is 0 Å². The standard InChI is InChI=1S/C11H12BrF3N2O2/c12-7-5-8(10(18)19)9(17-6-7)16-4-2-1-3-11(13,14)15/h5-6H,1-4H2,(H,16,17)(H,18,19). The van der Waals surface area contributed by atoms with Crippen LogP contribution in [0.3, 0.4) is 0 Å². The predicted octanol–water partition coefficient (Wildman–Crippen LogP) is 3.69. The summed E-state index contributed by atoms with van der Waals surface area (Å²) in [5.74, 6) is -0.991. The number of carbonyl (C=O) groups is 1. The minimum absolute atomic E-state index is 0.00453. The molecule has 4 nitrogen and oxygen atoms in total. The number of anilines is 1. The quantitative estimate of drug-likeness (QED) is 0.775. The van der Waals surface area contributed by atoms with E-state index in [9.17, 15) is 18.0 Å². The lowest BCUT2D eigenvalue weighted by Gasteiger charge is -2.09. The van der Waals surface area contributed by atoms with E-state index >= 15 is 0 Å². The fourth-order valence-electron chi connectivity index (χ4n) is 1.40. The molecule has 2 N–H and O–H groups in total. The van der Waals surface area contributed by atoms with E-state index in [1.807, 2.05) is 0 Å². The van der Waals surface area contributed by atoms with Gasteiger partial charge in [0.15, 0.2) is 0 Å². The number of aromatic nitrogens is 1. The van der Waals surface area contributed by atoms with Crippen LogP contribution in [0.1, 0.15) is 29.6 Å². The Kier molecular flexibility index (Phi) is 5.59. The molecule has 0 spiro atoms. The summed E-state index contributed by atoms with van der Waals surface area (Å²) in [5, 5.41) is 11.7. The average Bonchev–Trinajstić information content (AvgIpc) is 2.28. The van der Waals surface area contributed by atoms with Crippen LogP contribution in [0, 0.1) is 0 Å². The molecule has 0 amide bonds. The first-order valence-electron chi connectivity index (χ1n) is 5.49. The number of rotatable bonds is 6. The lowest BCUT2D eigenvalue weighted by atomic mass is 10.2. The second-order valence-corrected chi connectivity index (χ2v) is 4.77. The molecule has 0 radical (unpaired) electrons. The van der Waals surface area contributed by atoms with Crippen LogP contribution in [-0.2, 0) is 0 Å². The van der Waals surface area contributed by atoms with E-state index in [4.69, 9.17) is 5.11 Å². The highest BCUT2D eigenvalue weighted by molar-refractivity contribution is 9.10. The van der Waals surface area contributed by atoms with Crippen molar-refractivity contribution >= 4 is 27.7 Å². The summed E-state index contributed by atoms with van der Waals surface area (Å²) < 4.78 is 36.2. The Morgan fingerprint density at radius 1 is 1.42 bits per heavy atom. The number of hydrogen-bond acceptors (Lipinski definition) is 3. The van der Waals surface area contributed by atoms with Crippen molar-refractivity contribution in [3.05, 3.63) is 22.3 Å². The van der Waals surface area contributed by atoms with Gasteiger partial charge in [0.2, 0.25) is 0 Å². The van der Waals surface area contributed by atoms with Crippen LogP contribution in [0.15, 0.2) is 16.7 Å². The summed E-state index contributed by atoms with van der Waals surface area (Å²) in [5.41, 5.74) is -0.0230. The molecule has 0 aliphatic rings. The molecule has 1 heterocycles. The Bertz CT molecular complexity index is 452. The minimum atomic E-state index is -4.15. The fourth-order valence-corrected chi connectivity index (χ4v) is 1.73. The van der Waals surface area contributed by atoms with Gasteiger partial charge in [0, 0.05) is 23.6 Å². The number of aromatic carboxylic acids is 1. The van der Waals surface area contributed by atoms with Gasteiger partial charge >= 0.3 is 12.1 Å². The van der Waals surface area contributed by atoms with Crippen LogP contribution in [-0.4, -0.2) is 28.8 Å². The Balaban J connectivity index is 2.47. The zero-order valence-electron chi connectivity index (χ0n) is 9.80. The molecular formula is C11H12BrF3N2O2.